The van der Waals surface area contributed by atoms with E-state index >= 15 is 0 Å². The average molecular weight is 248 g/mol. The second-order valence-electron chi connectivity index (χ2n) is 5.12. The smallest absolute Gasteiger partial charge is 0.332 e. The van der Waals surface area contributed by atoms with E-state index in [9.17, 15) is 9.90 Å². The molecule has 98 valence electrons. The third kappa shape index (κ3) is 3.33. The van der Waals surface area contributed by atoms with Gasteiger partial charge in [0, 0.05) is 0 Å². The summed E-state index contributed by atoms with van der Waals surface area (Å²) < 4.78 is 0. The Kier molecular flexibility index (Phi) is 4.37. The standard InChI is InChI=1S/C15H20O3/c16-14(15(17)18)10-7-11-5-8-13(9-6-11)12-3-1-2-4-12/h5-6,8-9,12,14,16H,1-4,7,10H2,(H,17,18). The zero-order chi connectivity index (χ0) is 13.0. The van der Waals surface area contributed by atoms with E-state index in [-0.39, 0.29) is 6.42 Å². The van der Waals surface area contributed by atoms with Crippen molar-refractivity contribution >= 4 is 5.97 Å². The minimum Gasteiger partial charge on any atom is -0.479 e. The lowest BCUT2D eigenvalue weighted by atomic mass is 9.95. The van der Waals surface area contributed by atoms with Crippen molar-refractivity contribution in [2.45, 2.75) is 50.5 Å². The largest absolute Gasteiger partial charge is 0.479 e. The summed E-state index contributed by atoms with van der Waals surface area (Å²) >= 11 is 0. The lowest BCUT2D eigenvalue weighted by Crippen LogP contribution is -2.19. The van der Waals surface area contributed by atoms with Gasteiger partial charge in [-0.25, -0.2) is 4.79 Å². The molecule has 0 aromatic heterocycles. The van der Waals surface area contributed by atoms with Crippen molar-refractivity contribution in [3.05, 3.63) is 35.4 Å². The normalized spacial score (nSPS) is 17.8. The van der Waals surface area contributed by atoms with E-state index < -0.39 is 12.1 Å². The van der Waals surface area contributed by atoms with Crippen molar-refractivity contribution in [1.82, 2.24) is 0 Å². The van der Waals surface area contributed by atoms with Gasteiger partial charge in [-0.05, 0) is 42.7 Å². The Morgan fingerprint density at radius 1 is 1.22 bits per heavy atom. The highest BCUT2D eigenvalue weighted by atomic mass is 16.4. The van der Waals surface area contributed by atoms with Gasteiger partial charge in [-0.3, -0.25) is 0 Å². The Morgan fingerprint density at radius 2 is 1.83 bits per heavy atom. The maximum atomic E-state index is 10.5. The molecule has 1 aromatic rings. The highest BCUT2D eigenvalue weighted by Gasteiger charge is 2.17. The number of aliphatic hydroxyl groups excluding tert-OH is 1. The van der Waals surface area contributed by atoms with E-state index in [0.717, 1.165) is 5.56 Å². The molecule has 1 aromatic carbocycles. The van der Waals surface area contributed by atoms with Gasteiger partial charge in [0.15, 0.2) is 6.10 Å². The van der Waals surface area contributed by atoms with Gasteiger partial charge in [0.25, 0.3) is 0 Å². The highest BCUT2D eigenvalue weighted by molar-refractivity contribution is 5.71. The zero-order valence-corrected chi connectivity index (χ0v) is 10.5. The summed E-state index contributed by atoms with van der Waals surface area (Å²) in [4.78, 5) is 10.5. The van der Waals surface area contributed by atoms with E-state index in [1.165, 1.54) is 31.2 Å². The van der Waals surface area contributed by atoms with E-state index in [0.29, 0.717) is 12.3 Å². The lowest BCUT2D eigenvalue weighted by Gasteiger charge is -2.10. The van der Waals surface area contributed by atoms with Crippen LogP contribution in [-0.4, -0.2) is 22.3 Å². The maximum absolute atomic E-state index is 10.5. The lowest BCUT2D eigenvalue weighted by molar-refractivity contribution is -0.146. The molecule has 1 unspecified atom stereocenters. The molecule has 1 saturated carbocycles. The molecule has 0 bridgehead atoms. The number of hydrogen-bond donors (Lipinski definition) is 2. The summed E-state index contributed by atoms with van der Waals surface area (Å²) in [5.41, 5.74) is 2.49. The molecule has 1 aliphatic rings. The molecule has 1 fully saturated rings. The second kappa shape index (κ2) is 6.01. The van der Waals surface area contributed by atoms with Gasteiger partial charge in [0.2, 0.25) is 0 Å². The highest BCUT2D eigenvalue weighted by Crippen LogP contribution is 2.33. The van der Waals surface area contributed by atoms with Crippen LogP contribution in [0.3, 0.4) is 0 Å². The van der Waals surface area contributed by atoms with Crippen LogP contribution in [0.5, 0.6) is 0 Å². The van der Waals surface area contributed by atoms with Crippen molar-refractivity contribution < 1.29 is 15.0 Å². The van der Waals surface area contributed by atoms with Crippen molar-refractivity contribution in [3.63, 3.8) is 0 Å². The van der Waals surface area contributed by atoms with Crippen molar-refractivity contribution in [2.75, 3.05) is 0 Å². The Bertz CT molecular complexity index is 391. The molecule has 3 heteroatoms. The van der Waals surface area contributed by atoms with Crippen LogP contribution in [0.1, 0.15) is 49.1 Å². The summed E-state index contributed by atoms with van der Waals surface area (Å²) in [5, 5.41) is 17.8. The Labute approximate surface area is 107 Å². The van der Waals surface area contributed by atoms with Crippen LogP contribution < -0.4 is 0 Å². The number of hydrogen-bond acceptors (Lipinski definition) is 2. The number of aliphatic hydroxyl groups is 1. The first-order valence-electron chi connectivity index (χ1n) is 6.66. The van der Waals surface area contributed by atoms with Crippen LogP contribution in [0.4, 0.5) is 0 Å². The predicted octanol–water partition coefficient (Wildman–Crippen LogP) is 2.72. The second-order valence-corrected chi connectivity index (χ2v) is 5.12. The maximum Gasteiger partial charge on any atom is 0.332 e. The van der Waals surface area contributed by atoms with E-state index in [4.69, 9.17) is 5.11 Å². The summed E-state index contributed by atoms with van der Waals surface area (Å²) in [6, 6.07) is 8.42. The van der Waals surface area contributed by atoms with Gasteiger partial charge in [0.05, 0.1) is 0 Å². The van der Waals surface area contributed by atoms with Gasteiger partial charge in [0.1, 0.15) is 0 Å². The summed E-state index contributed by atoms with van der Waals surface area (Å²) in [5.74, 6) is -0.429. The number of carbonyl (C=O) groups is 1. The average Bonchev–Trinajstić information content (AvgIpc) is 2.90. The van der Waals surface area contributed by atoms with Crippen molar-refractivity contribution in [1.29, 1.82) is 0 Å². The van der Waals surface area contributed by atoms with Crippen molar-refractivity contribution in [2.24, 2.45) is 0 Å². The van der Waals surface area contributed by atoms with Crippen LogP contribution in [0, 0.1) is 0 Å². The molecule has 0 radical (unpaired) electrons. The first-order chi connectivity index (χ1) is 8.66. The molecule has 0 aliphatic heterocycles. The van der Waals surface area contributed by atoms with Gasteiger partial charge in [-0.15, -0.1) is 0 Å². The van der Waals surface area contributed by atoms with Crippen LogP contribution in [-0.2, 0) is 11.2 Å². The zero-order valence-electron chi connectivity index (χ0n) is 10.5. The number of rotatable bonds is 5. The van der Waals surface area contributed by atoms with Gasteiger partial charge in [-0.1, -0.05) is 37.1 Å². The topological polar surface area (TPSA) is 57.5 Å². The fraction of sp³-hybridized carbons (Fsp3) is 0.533. The van der Waals surface area contributed by atoms with Crippen LogP contribution in [0.25, 0.3) is 0 Å². The summed E-state index contributed by atoms with van der Waals surface area (Å²) in [6.45, 7) is 0. The number of aryl methyl sites for hydroxylation is 1. The third-order valence-electron chi connectivity index (χ3n) is 3.80. The fourth-order valence-electron chi connectivity index (χ4n) is 2.64. The van der Waals surface area contributed by atoms with Gasteiger partial charge < -0.3 is 10.2 Å². The van der Waals surface area contributed by atoms with E-state index in [2.05, 4.69) is 24.3 Å². The SMILES string of the molecule is O=C(O)C(O)CCc1ccc(C2CCCC2)cc1. The number of carboxylic acid groups (broad SMARTS) is 1. The quantitative estimate of drug-likeness (QED) is 0.842. The Hall–Kier alpha value is -1.35. The molecule has 0 heterocycles. The fourth-order valence-corrected chi connectivity index (χ4v) is 2.64. The predicted molar refractivity (Wildman–Crippen MR) is 69.6 cm³/mol. The molecule has 1 atom stereocenters. The molecule has 2 rings (SSSR count). The molecule has 0 amide bonds. The van der Waals surface area contributed by atoms with Crippen molar-refractivity contribution in [3.8, 4) is 0 Å². The molecular formula is C15H20O3. The monoisotopic (exact) mass is 248 g/mol. The van der Waals surface area contributed by atoms with Crippen LogP contribution >= 0.6 is 0 Å². The van der Waals surface area contributed by atoms with Crippen LogP contribution in [0.2, 0.25) is 0 Å². The Balaban J connectivity index is 1.89. The molecule has 0 saturated heterocycles. The molecule has 0 spiro atoms. The minimum atomic E-state index is -1.25. The molecular weight excluding hydrogens is 228 g/mol. The summed E-state index contributed by atoms with van der Waals surface area (Å²) in [6.07, 6.45) is 4.87. The molecule has 18 heavy (non-hydrogen) atoms. The first-order valence-corrected chi connectivity index (χ1v) is 6.66. The third-order valence-corrected chi connectivity index (χ3v) is 3.80. The van der Waals surface area contributed by atoms with E-state index in [1.807, 2.05) is 0 Å². The Morgan fingerprint density at radius 3 is 2.39 bits per heavy atom. The van der Waals surface area contributed by atoms with E-state index in [1.54, 1.807) is 0 Å². The number of aliphatic carboxylic acids is 1. The summed E-state index contributed by atoms with van der Waals surface area (Å²) in [7, 11) is 0. The number of carboxylic acids is 1. The molecule has 1 aliphatic carbocycles. The molecule has 3 nitrogen and oxygen atoms in total. The first kappa shape index (κ1) is 13.1. The van der Waals surface area contributed by atoms with Crippen LogP contribution in [0.15, 0.2) is 24.3 Å². The minimum absolute atomic E-state index is 0.276. The molecule has 2 N–H and O–H groups in total. The number of benzene rings is 1. The van der Waals surface area contributed by atoms with Gasteiger partial charge in [-0.2, -0.15) is 0 Å². The van der Waals surface area contributed by atoms with Gasteiger partial charge >= 0.3 is 5.97 Å².